The van der Waals surface area contributed by atoms with E-state index in [1.165, 1.54) is 4.90 Å². The van der Waals surface area contributed by atoms with Crippen LogP contribution >= 0.6 is 0 Å². The van der Waals surface area contributed by atoms with E-state index in [1.807, 2.05) is 0 Å². The van der Waals surface area contributed by atoms with E-state index in [2.05, 4.69) is 10.3 Å². The molecule has 1 aliphatic carbocycles. The van der Waals surface area contributed by atoms with Crippen molar-refractivity contribution in [3.63, 3.8) is 0 Å². The number of nitrogens with zero attached hydrogens (tertiary/aromatic N) is 2. The number of urea groups is 1. The molecule has 2 N–H and O–H groups in total. The minimum Gasteiger partial charge on any atom is -0.480 e. The Morgan fingerprint density at radius 3 is 2.67 bits per heavy atom. The molecular formula is C15H21N3O3. The Bertz CT molecular complexity index is 486. The number of rotatable bonds is 4. The summed E-state index contributed by atoms with van der Waals surface area (Å²) in [5.41, 5.74) is 0.628. The number of hydrogen-bond acceptors (Lipinski definition) is 3. The van der Waals surface area contributed by atoms with Crippen LogP contribution in [0.5, 0.6) is 0 Å². The number of nitrogens with one attached hydrogen (secondary N) is 1. The second kappa shape index (κ2) is 7.06. The lowest BCUT2D eigenvalue weighted by atomic mass is 9.84. The van der Waals surface area contributed by atoms with Gasteiger partial charge in [0, 0.05) is 13.2 Å². The van der Waals surface area contributed by atoms with E-state index in [-0.39, 0.29) is 5.92 Å². The summed E-state index contributed by atoms with van der Waals surface area (Å²) in [4.78, 5) is 29.0. The smallest absolute Gasteiger partial charge is 0.326 e. The first-order chi connectivity index (χ1) is 10.1. The van der Waals surface area contributed by atoms with E-state index in [1.54, 1.807) is 31.6 Å². The summed E-state index contributed by atoms with van der Waals surface area (Å²) in [5, 5.41) is 12.0. The average Bonchev–Trinajstić information content (AvgIpc) is 2.53. The van der Waals surface area contributed by atoms with Gasteiger partial charge in [0.05, 0.1) is 11.9 Å². The highest BCUT2D eigenvalue weighted by atomic mass is 16.4. The Kier molecular flexibility index (Phi) is 5.14. The molecule has 1 unspecified atom stereocenters. The van der Waals surface area contributed by atoms with Gasteiger partial charge < -0.3 is 10.4 Å². The van der Waals surface area contributed by atoms with Gasteiger partial charge in [0.25, 0.3) is 0 Å². The molecule has 0 aromatic carbocycles. The molecule has 1 aromatic heterocycles. The van der Waals surface area contributed by atoms with Crippen molar-refractivity contribution < 1.29 is 14.7 Å². The predicted octanol–water partition coefficient (Wildman–Crippen LogP) is 2.26. The molecule has 1 aromatic rings. The van der Waals surface area contributed by atoms with Crippen LogP contribution in [0.1, 0.15) is 32.1 Å². The maximum Gasteiger partial charge on any atom is 0.326 e. The number of hydrogen-bond donors (Lipinski definition) is 2. The highest BCUT2D eigenvalue weighted by Gasteiger charge is 2.31. The standard InChI is InChI=1S/C15H21N3O3/c1-18(12-8-5-9-16-10-12)15(21)17-13(14(19)20)11-6-3-2-4-7-11/h5,8-11,13H,2-4,6-7H2,1H3,(H,17,21)(H,19,20). The Morgan fingerprint density at radius 2 is 2.10 bits per heavy atom. The van der Waals surface area contributed by atoms with Crippen LogP contribution in [-0.4, -0.2) is 35.2 Å². The summed E-state index contributed by atoms with van der Waals surface area (Å²) < 4.78 is 0. The van der Waals surface area contributed by atoms with Crippen molar-refractivity contribution in [2.45, 2.75) is 38.1 Å². The van der Waals surface area contributed by atoms with E-state index >= 15 is 0 Å². The number of carboxylic acid groups (broad SMARTS) is 1. The van der Waals surface area contributed by atoms with Crippen LogP contribution in [-0.2, 0) is 4.79 Å². The van der Waals surface area contributed by atoms with Gasteiger partial charge in [-0.2, -0.15) is 0 Å². The van der Waals surface area contributed by atoms with E-state index in [9.17, 15) is 14.7 Å². The summed E-state index contributed by atoms with van der Waals surface area (Å²) in [5.74, 6) is -0.947. The number of carboxylic acids is 1. The second-order valence-electron chi connectivity index (χ2n) is 5.43. The molecule has 2 rings (SSSR count). The van der Waals surface area contributed by atoms with E-state index in [4.69, 9.17) is 0 Å². The minimum absolute atomic E-state index is 0.0162. The maximum absolute atomic E-state index is 12.2. The third-order valence-electron chi connectivity index (χ3n) is 4.00. The van der Waals surface area contributed by atoms with Crippen LogP contribution in [0, 0.1) is 5.92 Å². The molecule has 6 heteroatoms. The number of aliphatic carboxylic acids is 1. The van der Waals surface area contributed by atoms with Gasteiger partial charge in [-0.05, 0) is 30.9 Å². The molecule has 114 valence electrons. The van der Waals surface area contributed by atoms with E-state index < -0.39 is 18.0 Å². The summed E-state index contributed by atoms with van der Waals surface area (Å²) in [7, 11) is 1.60. The fourth-order valence-corrected chi connectivity index (χ4v) is 2.75. The van der Waals surface area contributed by atoms with Crippen molar-refractivity contribution in [3.05, 3.63) is 24.5 Å². The minimum atomic E-state index is -0.963. The van der Waals surface area contributed by atoms with Crippen molar-refractivity contribution in [3.8, 4) is 0 Å². The first kappa shape index (κ1) is 15.3. The van der Waals surface area contributed by atoms with Gasteiger partial charge in [-0.15, -0.1) is 0 Å². The molecule has 0 bridgehead atoms. The number of carbonyl (C=O) groups is 2. The molecule has 1 aliphatic rings. The molecule has 1 heterocycles. The van der Waals surface area contributed by atoms with E-state index in [0.717, 1.165) is 32.1 Å². The lowest BCUT2D eigenvalue weighted by Crippen LogP contribution is -2.50. The molecular weight excluding hydrogens is 270 g/mol. The molecule has 21 heavy (non-hydrogen) atoms. The molecule has 0 aliphatic heterocycles. The number of pyridine rings is 1. The number of carbonyl (C=O) groups excluding carboxylic acids is 1. The number of anilines is 1. The summed E-state index contributed by atoms with van der Waals surface area (Å²) in [6, 6.07) is 2.25. The first-order valence-electron chi connectivity index (χ1n) is 7.26. The van der Waals surface area contributed by atoms with Crippen molar-refractivity contribution in [2.24, 2.45) is 5.92 Å². The van der Waals surface area contributed by atoms with Gasteiger partial charge in [0.2, 0.25) is 0 Å². The topological polar surface area (TPSA) is 82.5 Å². The van der Waals surface area contributed by atoms with Gasteiger partial charge in [0.1, 0.15) is 6.04 Å². The van der Waals surface area contributed by atoms with Crippen LogP contribution in [0.2, 0.25) is 0 Å². The largest absolute Gasteiger partial charge is 0.480 e. The zero-order valence-corrected chi connectivity index (χ0v) is 12.2. The van der Waals surface area contributed by atoms with Crippen LogP contribution in [0.15, 0.2) is 24.5 Å². The van der Waals surface area contributed by atoms with Crippen molar-refractivity contribution in [1.29, 1.82) is 0 Å². The Labute approximate surface area is 124 Å². The zero-order valence-electron chi connectivity index (χ0n) is 12.2. The fraction of sp³-hybridized carbons (Fsp3) is 0.533. The average molecular weight is 291 g/mol. The quantitative estimate of drug-likeness (QED) is 0.891. The van der Waals surface area contributed by atoms with Crippen molar-refractivity contribution >= 4 is 17.7 Å². The van der Waals surface area contributed by atoms with E-state index in [0.29, 0.717) is 5.69 Å². The van der Waals surface area contributed by atoms with Gasteiger partial charge in [-0.3, -0.25) is 9.88 Å². The highest BCUT2D eigenvalue weighted by Crippen LogP contribution is 2.26. The molecule has 2 amide bonds. The zero-order chi connectivity index (χ0) is 15.2. The third kappa shape index (κ3) is 3.93. The highest BCUT2D eigenvalue weighted by molar-refractivity contribution is 5.93. The second-order valence-corrected chi connectivity index (χ2v) is 5.43. The number of amides is 2. The van der Waals surface area contributed by atoms with Gasteiger partial charge in [-0.25, -0.2) is 9.59 Å². The molecule has 0 spiro atoms. The Balaban J connectivity index is 2.02. The number of aromatic nitrogens is 1. The first-order valence-corrected chi connectivity index (χ1v) is 7.26. The van der Waals surface area contributed by atoms with Crippen molar-refractivity contribution in [1.82, 2.24) is 10.3 Å². The molecule has 6 nitrogen and oxygen atoms in total. The monoisotopic (exact) mass is 291 g/mol. The predicted molar refractivity (Wildman–Crippen MR) is 79.2 cm³/mol. The SMILES string of the molecule is CN(C(=O)NC(C(=O)O)C1CCCCC1)c1cccnc1. The molecule has 1 saturated carbocycles. The van der Waals surface area contributed by atoms with Crippen LogP contribution in [0.3, 0.4) is 0 Å². The fourth-order valence-electron chi connectivity index (χ4n) is 2.75. The summed E-state index contributed by atoms with van der Waals surface area (Å²) in [6.07, 6.45) is 8.10. The summed E-state index contributed by atoms with van der Waals surface area (Å²) in [6.45, 7) is 0. The lowest BCUT2D eigenvalue weighted by molar-refractivity contribution is -0.141. The lowest BCUT2D eigenvalue weighted by Gasteiger charge is -2.29. The Morgan fingerprint density at radius 1 is 1.38 bits per heavy atom. The normalized spacial score (nSPS) is 17.0. The molecule has 0 saturated heterocycles. The third-order valence-corrected chi connectivity index (χ3v) is 4.00. The van der Waals surface area contributed by atoms with Gasteiger partial charge in [0.15, 0.2) is 0 Å². The maximum atomic E-state index is 12.2. The van der Waals surface area contributed by atoms with Crippen molar-refractivity contribution in [2.75, 3.05) is 11.9 Å². The molecule has 1 fully saturated rings. The van der Waals surface area contributed by atoms with Gasteiger partial charge >= 0.3 is 12.0 Å². The van der Waals surface area contributed by atoms with Gasteiger partial charge in [-0.1, -0.05) is 19.3 Å². The molecule has 1 atom stereocenters. The Hall–Kier alpha value is -2.11. The summed E-state index contributed by atoms with van der Waals surface area (Å²) >= 11 is 0. The van der Waals surface area contributed by atoms with Crippen LogP contribution < -0.4 is 10.2 Å². The van der Waals surface area contributed by atoms with Crippen LogP contribution in [0.4, 0.5) is 10.5 Å². The van der Waals surface area contributed by atoms with Crippen LogP contribution in [0.25, 0.3) is 0 Å². The molecule has 0 radical (unpaired) electrons.